The molecule has 23 heavy (non-hydrogen) atoms. The number of carbonyl (C=O) groups is 1. The third kappa shape index (κ3) is 3.89. The molecule has 4 nitrogen and oxygen atoms in total. The molecule has 0 aliphatic heterocycles. The van der Waals surface area contributed by atoms with Crippen molar-refractivity contribution < 1.29 is 22.4 Å². The van der Waals surface area contributed by atoms with E-state index in [-0.39, 0.29) is 16.4 Å². The number of aromatic nitrogens is 1. The van der Waals surface area contributed by atoms with Crippen molar-refractivity contribution in [3.8, 4) is 0 Å². The Bertz CT molecular complexity index is 749. The molecule has 0 saturated heterocycles. The highest BCUT2D eigenvalue weighted by atomic mass is 35.5. The standard InChI is InChI=1S/C14H10ClF4N3O/c1-20-13(23)8-4-7(16)2-3-10(8)22-11-5-12(15)21-6-9(11)14(17,18)19/h2-6H,1H3,(H,20,23)(H,21,22). The normalized spacial score (nSPS) is 11.2. The predicted octanol–water partition coefficient (Wildman–Crippen LogP) is 4.00. The lowest BCUT2D eigenvalue weighted by Crippen LogP contribution is -2.19. The van der Waals surface area contributed by atoms with Gasteiger partial charge in [0, 0.05) is 13.2 Å². The van der Waals surface area contributed by atoms with E-state index in [1.54, 1.807) is 0 Å². The average Bonchev–Trinajstić information content (AvgIpc) is 2.47. The average molecular weight is 348 g/mol. The monoisotopic (exact) mass is 347 g/mol. The van der Waals surface area contributed by atoms with Gasteiger partial charge in [0.2, 0.25) is 0 Å². The Morgan fingerprint density at radius 2 is 1.91 bits per heavy atom. The molecular weight excluding hydrogens is 338 g/mol. The Balaban J connectivity index is 2.52. The fourth-order valence-corrected chi connectivity index (χ4v) is 2.01. The number of hydrogen-bond acceptors (Lipinski definition) is 3. The van der Waals surface area contributed by atoms with Crippen molar-refractivity contribution in [1.82, 2.24) is 10.3 Å². The summed E-state index contributed by atoms with van der Waals surface area (Å²) in [5.41, 5.74) is -1.60. The van der Waals surface area contributed by atoms with Crippen LogP contribution in [-0.4, -0.2) is 17.9 Å². The van der Waals surface area contributed by atoms with E-state index in [1.165, 1.54) is 7.05 Å². The molecule has 1 aromatic carbocycles. The maximum atomic E-state index is 13.3. The van der Waals surface area contributed by atoms with Gasteiger partial charge in [0.25, 0.3) is 5.91 Å². The van der Waals surface area contributed by atoms with Crippen molar-refractivity contribution in [2.45, 2.75) is 6.18 Å². The Kier molecular flexibility index (Phi) is 4.74. The van der Waals surface area contributed by atoms with Gasteiger partial charge in [0.15, 0.2) is 0 Å². The molecule has 2 rings (SSSR count). The number of benzene rings is 1. The van der Waals surface area contributed by atoms with E-state index in [0.717, 1.165) is 24.3 Å². The predicted molar refractivity (Wildman–Crippen MR) is 77.3 cm³/mol. The lowest BCUT2D eigenvalue weighted by molar-refractivity contribution is -0.137. The van der Waals surface area contributed by atoms with Crippen molar-refractivity contribution in [1.29, 1.82) is 0 Å². The lowest BCUT2D eigenvalue weighted by atomic mass is 10.1. The van der Waals surface area contributed by atoms with Crippen LogP contribution in [0.1, 0.15) is 15.9 Å². The number of anilines is 2. The zero-order valence-corrected chi connectivity index (χ0v) is 12.4. The SMILES string of the molecule is CNC(=O)c1cc(F)ccc1Nc1cc(Cl)ncc1C(F)(F)F. The minimum atomic E-state index is -4.67. The zero-order chi connectivity index (χ0) is 17.2. The lowest BCUT2D eigenvalue weighted by Gasteiger charge is -2.16. The topological polar surface area (TPSA) is 54.0 Å². The highest BCUT2D eigenvalue weighted by molar-refractivity contribution is 6.29. The summed E-state index contributed by atoms with van der Waals surface area (Å²) in [5, 5.41) is 4.58. The van der Waals surface area contributed by atoms with E-state index in [0.29, 0.717) is 6.20 Å². The fraction of sp³-hybridized carbons (Fsp3) is 0.143. The highest BCUT2D eigenvalue weighted by Gasteiger charge is 2.34. The number of rotatable bonds is 3. The summed E-state index contributed by atoms with van der Waals surface area (Å²) in [6.07, 6.45) is -4.10. The van der Waals surface area contributed by atoms with E-state index < -0.39 is 29.2 Å². The van der Waals surface area contributed by atoms with Gasteiger partial charge < -0.3 is 10.6 Å². The Morgan fingerprint density at radius 3 is 2.52 bits per heavy atom. The second-order valence-electron chi connectivity index (χ2n) is 4.44. The minimum absolute atomic E-state index is 0.00137. The summed E-state index contributed by atoms with van der Waals surface area (Å²) in [6.45, 7) is 0. The third-order valence-electron chi connectivity index (χ3n) is 2.90. The number of nitrogens with one attached hydrogen (secondary N) is 2. The molecule has 1 amide bonds. The van der Waals surface area contributed by atoms with Gasteiger partial charge in [-0.15, -0.1) is 0 Å². The van der Waals surface area contributed by atoms with Gasteiger partial charge >= 0.3 is 6.18 Å². The van der Waals surface area contributed by atoms with Crippen molar-refractivity contribution in [3.05, 3.63) is 52.6 Å². The number of amides is 1. The van der Waals surface area contributed by atoms with E-state index >= 15 is 0 Å². The molecule has 2 N–H and O–H groups in total. The fourth-order valence-electron chi connectivity index (χ4n) is 1.85. The van der Waals surface area contributed by atoms with Crippen LogP contribution in [0.15, 0.2) is 30.5 Å². The van der Waals surface area contributed by atoms with Crippen LogP contribution in [-0.2, 0) is 6.18 Å². The first-order chi connectivity index (χ1) is 10.7. The number of halogens is 5. The van der Waals surface area contributed by atoms with E-state index in [2.05, 4.69) is 15.6 Å². The van der Waals surface area contributed by atoms with Crippen LogP contribution in [0.4, 0.5) is 28.9 Å². The van der Waals surface area contributed by atoms with Gasteiger partial charge in [-0.3, -0.25) is 4.79 Å². The highest BCUT2D eigenvalue weighted by Crippen LogP contribution is 2.37. The first-order valence-electron chi connectivity index (χ1n) is 6.23. The largest absolute Gasteiger partial charge is 0.419 e. The zero-order valence-electron chi connectivity index (χ0n) is 11.6. The molecule has 0 radical (unpaired) electrons. The van der Waals surface area contributed by atoms with Gasteiger partial charge in [-0.2, -0.15) is 13.2 Å². The molecule has 1 heterocycles. The Morgan fingerprint density at radius 1 is 1.22 bits per heavy atom. The Labute approximate surface area is 133 Å². The van der Waals surface area contributed by atoms with Crippen molar-refractivity contribution in [2.24, 2.45) is 0 Å². The van der Waals surface area contributed by atoms with E-state index in [1.807, 2.05) is 0 Å². The minimum Gasteiger partial charge on any atom is -0.355 e. The Hall–Kier alpha value is -2.35. The summed E-state index contributed by atoms with van der Waals surface area (Å²) < 4.78 is 52.3. The quantitative estimate of drug-likeness (QED) is 0.652. The van der Waals surface area contributed by atoms with Crippen LogP contribution in [0, 0.1) is 5.82 Å². The number of nitrogens with zero attached hydrogens (tertiary/aromatic N) is 1. The molecule has 9 heteroatoms. The summed E-state index contributed by atoms with van der Waals surface area (Å²) in [7, 11) is 1.32. The summed E-state index contributed by atoms with van der Waals surface area (Å²) in [6, 6.07) is 4.07. The van der Waals surface area contributed by atoms with Gasteiger partial charge in [0.1, 0.15) is 11.0 Å². The van der Waals surface area contributed by atoms with Crippen LogP contribution in [0.5, 0.6) is 0 Å². The molecule has 0 atom stereocenters. The number of alkyl halides is 3. The molecular formula is C14H10ClF4N3O. The maximum absolute atomic E-state index is 13.3. The van der Waals surface area contributed by atoms with Crippen LogP contribution >= 0.6 is 11.6 Å². The van der Waals surface area contributed by atoms with Gasteiger partial charge in [0.05, 0.1) is 22.5 Å². The van der Waals surface area contributed by atoms with Crippen molar-refractivity contribution in [2.75, 3.05) is 12.4 Å². The van der Waals surface area contributed by atoms with Crippen LogP contribution < -0.4 is 10.6 Å². The van der Waals surface area contributed by atoms with Gasteiger partial charge in [-0.25, -0.2) is 9.37 Å². The summed E-state index contributed by atoms with van der Waals surface area (Å²) >= 11 is 5.63. The van der Waals surface area contributed by atoms with Crippen LogP contribution in [0.3, 0.4) is 0 Å². The first kappa shape index (κ1) is 17.0. The summed E-state index contributed by atoms with van der Waals surface area (Å²) in [4.78, 5) is 15.1. The summed E-state index contributed by atoms with van der Waals surface area (Å²) in [5.74, 6) is -1.35. The van der Waals surface area contributed by atoms with Crippen molar-refractivity contribution in [3.63, 3.8) is 0 Å². The molecule has 0 bridgehead atoms. The number of carbonyl (C=O) groups excluding carboxylic acids is 1. The molecule has 122 valence electrons. The van der Waals surface area contributed by atoms with E-state index in [9.17, 15) is 22.4 Å². The molecule has 0 unspecified atom stereocenters. The third-order valence-corrected chi connectivity index (χ3v) is 3.11. The smallest absolute Gasteiger partial charge is 0.355 e. The molecule has 1 aromatic heterocycles. The van der Waals surface area contributed by atoms with Crippen LogP contribution in [0.2, 0.25) is 5.15 Å². The van der Waals surface area contributed by atoms with Gasteiger partial charge in [-0.1, -0.05) is 11.6 Å². The molecule has 2 aromatic rings. The molecule has 0 aliphatic carbocycles. The number of hydrogen-bond donors (Lipinski definition) is 2. The maximum Gasteiger partial charge on any atom is 0.419 e. The van der Waals surface area contributed by atoms with Crippen LogP contribution in [0.25, 0.3) is 0 Å². The molecule has 0 spiro atoms. The molecule has 0 aliphatic rings. The first-order valence-corrected chi connectivity index (χ1v) is 6.61. The van der Waals surface area contributed by atoms with Crippen molar-refractivity contribution >= 4 is 28.9 Å². The van der Waals surface area contributed by atoms with E-state index in [4.69, 9.17) is 11.6 Å². The second kappa shape index (κ2) is 6.41. The molecule has 0 saturated carbocycles. The molecule has 0 fully saturated rings. The second-order valence-corrected chi connectivity index (χ2v) is 4.83. The van der Waals surface area contributed by atoms with Gasteiger partial charge in [-0.05, 0) is 24.3 Å². The number of pyridine rings is 1.